The van der Waals surface area contributed by atoms with Crippen LogP contribution in [0.2, 0.25) is 0 Å². The molecule has 4 nitrogen and oxygen atoms in total. The molecule has 2 rings (SSSR count). The first-order valence-electron chi connectivity index (χ1n) is 4.49. The second-order valence-corrected chi connectivity index (χ2v) is 3.40. The van der Waals surface area contributed by atoms with Crippen LogP contribution in [0.3, 0.4) is 0 Å². The van der Waals surface area contributed by atoms with Crippen LogP contribution in [0.5, 0.6) is 0 Å². The fourth-order valence-corrected chi connectivity index (χ4v) is 1.32. The molecule has 0 bridgehead atoms. The molecule has 0 radical (unpaired) electrons. The maximum Gasteiger partial charge on any atom is 0.128 e. The Labute approximate surface area is 82.3 Å². The molecule has 2 N–H and O–H groups in total. The average molecular weight is 191 g/mol. The molecule has 4 heteroatoms. The third-order valence-corrected chi connectivity index (χ3v) is 2.33. The summed E-state index contributed by atoms with van der Waals surface area (Å²) in [7, 11) is 0. The minimum atomic E-state index is 0.596. The van der Waals surface area contributed by atoms with E-state index in [2.05, 4.69) is 5.10 Å². The van der Waals surface area contributed by atoms with Crippen molar-refractivity contribution in [2.75, 3.05) is 5.73 Å². The SMILES string of the molecule is Cc1ccoc1Cn1ncc(C)c1N. The van der Waals surface area contributed by atoms with Crippen molar-refractivity contribution in [2.24, 2.45) is 0 Å². The van der Waals surface area contributed by atoms with Crippen LogP contribution in [-0.2, 0) is 6.54 Å². The van der Waals surface area contributed by atoms with Gasteiger partial charge in [0, 0.05) is 5.56 Å². The van der Waals surface area contributed by atoms with E-state index in [1.165, 1.54) is 0 Å². The van der Waals surface area contributed by atoms with Gasteiger partial charge in [0.05, 0.1) is 12.5 Å². The molecule has 0 amide bonds. The number of hydrogen-bond donors (Lipinski definition) is 1. The van der Waals surface area contributed by atoms with Gasteiger partial charge in [0.25, 0.3) is 0 Å². The Hall–Kier alpha value is -1.71. The molecule has 0 unspecified atom stereocenters. The second kappa shape index (κ2) is 3.21. The lowest BCUT2D eigenvalue weighted by atomic mass is 10.3. The molecule has 14 heavy (non-hydrogen) atoms. The highest BCUT2D eigenvalue weighted by Crippen LogP contribution is 2.14. The summed E-state index contributed by atoms with van der Waals surface area (Å²) in [6.07, 6.45) is 3.44. The van der Waals surface area contributed by atoms with Crippen molar-refractivity contribution in [3.05, 3.63) is 35.4 Å². The topological polar surface area (TPSA) is 57.0 Å². The Morgan fingerprint density at radius 2 is 2.21 bits per heavy atom. The van der Waals surface area contributed by atoms with Crippen LogP contribution < -0.4 is 5.73 Å². The van der Waals surface area contributed by atoms with E-state index in [1.54, 1.807) is 17.1 Å². The summed E-state index contributed by atoms with van der Waals surface area (Å²) in [5.41, 5.74) is 7.95. The lowest BCUT2D eigenvalue weighted by Gasteiger charge is -2.02. The molecule has 0 fully saturated rings. The number of nitrogens with zero attached hydrogens (tertiary/aromatic N) is 2. The molecule has 74 valence electrons. The molecule has 0 aromatic carbocycles. The summed E-state index contributed by atoms with van der Waals surface area (Å²) in [6, 6.07) is 1.93. The number of nitrogen functional groups attached to an aromatic ring is 1. The highest BCUT2D eigenvalue weighted by Gasteiger charge is 2.07. The van der Waals surface area contributed by atoms with E-state index in [4.69, 9.17) is 10.2 Å². The van der Waals surface area contributed by atoms with Gasteiger partial charge in [-0.05, 0) is 25.5 Å². The molecule has 2 heterocycles. The Morgan fingerprint density at radius 1 is 1.43 bits per heavy atom. The molecule has 0 saturated carbocycles. The van der Waals surface area contributed by atoms with Crippen molar-refractivity contribution < 1.29 is 4.42 Å². The number of rotatable bonds is 2. The van der Waals surface area contributed by atoms with Crippen molar-refractivity contribution in [1.29, 1.82) is 0 Å². The lowest BCUT2D eigenvalue weighted by molar-refractivity contribution is 0.479. The van der Waals surface area contributed by atoms with Crippen molar-refractivity contribution in [3.63, 3.8) is 0 Å². The van der Waals surface area contributed by atoms with E-state index in [9.17, 15) is 0 Å². The van der Waals surface area contributed by atoms with E-state index in [0.29, 0.717) is 12.4 Å². The predicted octanol–water partition coefficient (Wildman–Crippen LogP) is 1.72. The van der Waals surface area contributed by atoms with Crippen molar-refractivity contribution in [2.45, 2.75) is 20.4 Å². The van der Waals surface area contributed by atoms with Crippen LogP contribution in [0.1, 0.15) is 16.9 Å². The first-order chi connectivity index (χ1) is 6.68. The van der Waals surface area contributed by atoms with Crippen LogP contribution in [0.15, 0.2) is 22.9 Å². The summed E-state index contributed by atoms with van der Waals surface area (Å²) in [6.45, 7) is 4.54. The van der Waals surface area contributed by atoms with Gasteiger partial charge in [-0.3, -0.25) is 0 Å². The molecule has 0 spiro atoms. The number of aromatic nitrogens is 2. The lowest BCUT2D eigenvalue weighted by Crippen LogP contribution is -2.06. The zero-order valence-corrected chi connectivity index (χ0v) is 8.32. The highest BCUT2D eigenvalue weighted by atomic mass is 16.3. The molecular formula is C10H13N3O. The monoisotopic (exact) mass is 191 g/mol. The number of anilines is 1. The summed E-state index contributed by atoms with van der Waals surface area (Å²) < 4.78 is 7.05. The van der Waals surface area contributed by atoms with Crippen molar-refractivity contribution >= 4 is 5.82 Å². The van der Waals surface area contributed by atoms with Gasteiger partial charge in [-0.1, -0.05) is 0 Å². The minimum Gasteiger partial charge on any atom is -0.467 e. The first kappa shape index (κ1) is 8.87. The van der Waals surface area contributed by atoms with Gasteiger partial charge in [0.2, 0.25) is 0 Å². The molecule has 0 atom stereocenters. The number of hydrogen-bond acceptors (Lipinski definition) is 3. The van der Waals surface area contributed by atoms with Crippen LogP contribution in [0, 0.1) is 13.8 Å². The average Bonchev–Trinajstić information content (AvgIpc) is 2.68. The van der Waals surface area contributed by atoms with Crippen LogP contribution in [0.4, 0.5) is 5.82 Å². The van der Waals surface area contributed by atoms with E-state index < -0.39 is 0 Å². The summed E-state index contributed by atoms with van der Waals surface area (Å²) in [5.74, 6) is 1.60. The fourth-order valence-electron chi connectivity index (χ4n) is 1.32. The normalized spacial score (nSPS) is 10.7. The Morgan fingerprint density at radius 3 is 2.71 bits per heavy atom. The summed E-state index contributed by atoms with van der Waals surface area (Å²) in [4.78, 5) is 0. The van der Waals surface area contributed by atoms with E-state index in [0.717, 1.165) is 16.9 Å². The molecule has 2 aromatic heterocycles. The predicted molar refractivity (Wildman–Crippen MR) is 53.9 cm³/mol. The van der Waals surface area contributed by atoms with Gasteiger partial charge in [0.1, 0.15) is 18.1 Å². The zero-order valence-electron chi connectivity index (χ0n) is 8.32. The van der Waals surface area contributed by atoms with Gasteiger partial charge in [-0.15, -0.1) is 0 Å². The van der Waals surface area contributed by atoms with Gasteiger partial charge in [-0.2, -0.15) is 5.10 Å². The Bertz CT molecular complexity index is 442. The maximum atomic E-state index is 5.83. The smallest absolute Gasteiger partial charge is 0.128 e. The minimum absolute atomic E-state index is 0.596. The van der Waals surface area contributed by atoms with Gasteiger partial charge in [-0.25, -0.2) is 4.68 Å². The Kier molecular flexibility index (Phi) is 2.04. The van der Waals surface area contributed by atoms with Gasteiger partial charge >= 0.3 is 0 Å². The van der Waals surface area contributed by atoms with Crippen LogP contribution >= 0.6 is 0 Å². The van der Waals surface area contributed by atoms with Crippen molar-refractivity contribution in [3.8, 4) is 0 Å². The van der Waals surface area contributed by atoms with Gasteiger partial charge < -0.3 is 10.2 Å². The first-order valence-corrected chi connectivity index (χ1v) is 4.49. The fraction of sp³-hybridized carbons (Fsp3) is 0.300. The van der Waals surface area contributed by atoms with Crippen molar-refractivity contribution in [1.82, 2.24) is 9.78 Å². The van der Waals surface area contributed by atoms with Crippen LogP contribution in [0.25, 0.3) is 0 Å². The van der Waals surface area contributed by atoms with E-state index in [1.807, 2.05) is 19.9 Å². The molecule has 2 aromatic rings. The quantitative estimate of drug-likeness (QED) is 0.786. The molecule has 0 aliphatic carbocycles. The Balaban J connectivity index is 2.27. The number of aryl methyl sites for hydroxylation is 2. The van der Waals surface area contributed by atoms with E-state index >= 15 is 0 Å². The highest BCUT2D eigenvalue weighted by molar-refractivity contribution is 5.37. The number of nitrogens with two attached hydrogens (primary N) is 1. The number of furan rings is 1. The summed E-state index contributed by atoms with van der Waals surface area (Å²) in [5, 5.41) is 4.16. The second-order valence-electron chi connectivity index (χ2n) is 3.40. The molecule has 0 aliphatic rings. The van der Waals surface area contributed by atoms with Crippen LogP contribution in [-0.4, -0.2) is 9.78 Å². The summed E-state index contributed by atoms with van der Waals surface area (Å²) >= 11 is 0. The third-order valence-electron chi connectivity index (χ3n) is 2.33. The zero-order chi connectivity index (χ0) is 10.1. The van der Waals surface area contributed by atoms with Gasteiger partial charge in [0.15, 0.2) is 0 Å². The molecule has 0 saturated heterocycles. The standard InChI is InChI=1S/C10H13N3O/c1-7-3-4-14-9(7)6-13-10(11)8(2)5-12-13/h3-5H,6,11H2,1-2H3. The molecule has 0 aliphatic heterocycles. The van der Waals surface area contributed by atoms with E-state index in [-0.39, 0.29) is 0 Å². The third kappa shape index (κ3) is 1.39. The maximum absolute atomic E-state index is 5.83. The largest absolute Gasteiger partial charge is 0.467 e. The molecular weight excluding hydrogens is 178 g/mol.